The summed E-state index contributed by atoms with van der Waals surface area (Å²) in [5, 5.41) is 11.8. The van der Waals surface area contributed by atoms with Crippen LogP contribution in [0.1, 0.15) is 5.56 Å². The molecule has 0 radical (unpaired) electrons. The number of hydrogen-bond donors (Lipinski definition) is 2. The molecule has 0 bridgehead atoms. The number of halogens is 2. The highest BCUT2D eigenvalue weighted by atomic mass is 35.5. The molecule has 0 fully saturated rings. The Balaban J connectivity index is 2.31. The molecule has 0 saturated heterocycles. The Morgan fingerprint density at radius 1 is 1.33 bits per heavy atom. The lowest BCUT2D eigenvalue weighted by molar-refractivity contribution is 0.628. The summed E-state index contributed by atoms with van der Waals surface area (Å²) >= 11 is 5.73. The molecule has 0 aliphatic rings. The summed E-state index contributed by atoms with van der Waals surface area (Å²) in [7, 11) is 0. The number of nitrogen functional groups attached to an aromatic ring is 1. The van der Waals surface area contributed by atoms with E-state index in [1.54, 1.807) is 6.07 Å². The third-order valence-electron chi connectivity index (χ3n) is 2.17. The van der Waals surface area contributed by atoms with Gasteiger partial charge in [0.15, 0.2) is 5.82 Å². The maximum absolute atomic E-state index is 13.1. The lowest BCUT2D eigenvalue weighted by Crippen LogP contribution is -2.00. The van der Waals surface area contributed by atoms with E-state index in [-0.39, 0.29) is 5.02 Å². The van der Waals surface area contributed by atoms with Crippen molar-refractivity contribution in [3.63, 3.8) is 0 Å². The quantitative estimate of drug-likeness (QED) is 0.872. The fraction of sp³-hybridized carbons (Fsp3) is 0. The first-order chi connectivity index (χ1) is 8.58. The van der Waals surface area contributed by atoms with E-state index in [1.807, 2.05) is 6.07 Å². The molecular weight excluding hydrogens is 255 g/mol. The largest absolute Gasteiger partial charge is 0.396 e. The zero-order valence-corrected chi connectivity index (χ0v) is 9.87. The van der Waals surface area contributed by atoms with E-state index in [9.17, 15) is 4.39 Å². The predicted molar refractivity (Wildman–Crippen MR) is 68.1 cm³/mol. The summed E-state index contributed by atoms with van der Waals surface area (Å²) in [6.45, 7) is 0. The Kier molecular flexibility index (Phi) is 3.31. The van der Waals surface area contributed by atoms with Crippen molar-refractivity contribution in [2.24, 2.45) is 0 Å². The molecule has 90 valence electrons. The number of nitrogens with two attached hydrogens (primary N) is 1. The molecule has 1 heterocycles. The molecule has 6 heteroatoms. The second-order valence-corrected chi connectivity index (χ2v) is 3.99. The SMILES string of the molecule is N#Cc1cnc(Nc2cc(F)cc(Cl)c2)c(N)c1. The first-order valence-electron chi connectivity index (χ1n) is 4.97. The van der Waals surface area contributed by atoms with E-state index >= 15 is 0 Å². The van der Waals surface area contributed by atoms with Crippen LogP contribution in [0, 0.1) is 17.1 Å². The van der Waals surface area contributed by atoms with Crippen molar-refractivity contribution in [3.8, 4) is 6.07 Å². The molecule has 3 N–H and O–H groups in total. The number of nitrogens with zero attached hydrogens (tertiary/aromatic N) is 2. The predicted octanol–water partition coefficient (Wildman–Crippen LogP) is 3.07. The second kappa shape index (κ2) is 4.90. The number of benzene rings is 1. The van der Waals surface area contributed by atoms with Crippen LogP contribution in [0.25, 0.3) is 0 Å². The number of aromatic nitrogens is 1. The summed E-state index contributed by atoms with van der Waals surface area (Å²) in [6.07, 6.45) is 1.37. The molecule has 2 aromatic rings. The average Bonchev–Trinajstić information content (AvgIpc) is 2.30. The molecule has 4 nitrogen and oxygen atoms in total. The van der Waals surface area contributed by atoms with Crippen LogP contribution >= 0.6 is 11.6 Å². The summed E-state index contributed by atoms with van der Waals surface area (Å²) in [5.41, 5.74) is 6.81. The summed E-state index contributed by atoms with van der Waals surface area (Å²) in [6, 6.07) is 7.42. The molecule has 0 spiro atoms. The van der Waals surface area contributed by atoms with Crippen LogP contribution in [0.4, 0.5) is 21.6 Å². The first-order valence-corrected chi connectivity index (χ1v) is 5.35. The van der Waals surface area contributed by atoms with Crippen LogP contribution < -0.4 is 11.1 Å². The van der Waals surface area contributed by atoms with E-state index < -0.39 is 5.82 Å². The highest BCUT2D eigenvalue weighted by Crippen LogP contribution is 2.24. The van der Waals surface area contributed by atoms with Crippen molar-refractivity contribution in [3.05, 3.63) is 46.9 Å². The lowest BCUT2D eigenvalue weighted by Gasteiger charge is -2.08. The maximum atomic E-state index is 13.1. The van der Waals surface area contributed by atoms with Gasteiger partial charge in [-0.3, -0.25) is 0 Å². The van der Waals surface area contributed by atoms with Crippen LogP contribution in [-0.4, -0.2) is 4.98 Å². The Morgan fingerprint density at radius 2 is 2.11 bits per heavy atom. The molecule has 0 atom stereocenters. The summed E-state index contributed by atoms with van der Waals surface area (Å²) in [5.74, 6) is -0.118. The first kappa shape index (κ1) is 12.1. The fourth-order valence-electron chi connectivity index (χ4n) is 1.41. The monoisotopic (exact) mass is 262 g/mol. The zero-order chi connectivity index (χ0) is 13.1. The Bertz CT molecular complexity index is 616. The second-order valence-electron chi connectivity index (χ2n) is 3.56. The topological polar surface area (TPSA) is 74.7 Å². The lowest BCUT2D eigenvalue weighted by atomic mass is 10.2. The number of nitrogens with one attached hydrogen (secondary N) is 1. The molecule has 0 aliphatic heterocycles. The van der Waals surface area contributed by atoms with Gasteiger partial charge in [-0.15, -0.1) is 0 Å². The van der Waals surface area contributed by atoms with Crippen molar-refractivity contribution >= 4 is 28.8 Å². The normalized spacial score (nSPS) is 9.83. The number of nitriles is 1. The molecule has 0 aliphatic carbocycles. The number of anilines is 3. The van der Waals surface area contributed by atoms with Crippen molar-refractivity contribution < 1.29 is 4.39 Å². The number of rotatable bonds is 2. The van der Waals surface area contributed by atoms with Gasteiger partial charge in [0.25, 0.3) is 0 Å². The molecular formula is C12H8ClFN4. The van der Waals surface area contributed by atoms with Gasteiger partial charge in [-0.25, -0.2) is 9.37 Å². The maximum Gasteiger partial charge on any atom is 0.153 e. The van der Waals surface area contributed by atoms with Gasteiger partial charge in [-0.1, -0.05) is 11.6 Å². The van der Waals surface area contributed by atoms with Gasteiger partial charge in [0.05, 0.1) is 11.3 Å². The Morgan fingerprint density at radius 3 is 2.72 bits per heavy atom. The Hall–Kier alpha value is -2.32. The van der Waals surface area contributed by atoms with Gasteiger partial charge in [0.1, 0.15) is 11.9 Å². The number of hydrogen-bond acceptors (Lipinski definition) is 4. The summed E-state index contributed by atoms with van der Waals surface area (Å²) in [4.78, 5) is 3.98. The van der Waals surface area contributed by atoms with E-state index in [1.165, 1.54) is 24.4 Å². The van der Waals surface area contributed by atoms with Crippen molar-refractivity contribution in [2.75, 3.05) is 11.1 Å². The van der Waals surface area contributed by atoms with E-state index in [2.05, 4.69) is 10.3 Å². The van der Waals surface area contributed by atoms with Crippen molar-refractivity contribution in [2.45, 2.75) is 0 Å². The summed E-state index contributed by atoms with van der Waals surface area (Å²) < 4.78 is 13.1. The van der Waals surface area contributed by atoms with Crippen LogP contribution in [0.15, 0.2) is 30.5 Å². The van der Waals surface area contributed by atoms with Crippen molar-refractivity contribution in [1.82, 2.24) is 4.98 Å². The number of pyridine rings is 1. The Labute approximate surface area is 108 Å². The van der Waals surface area contributed by atoms with Crippen LogP contribution in [-0.2, 0) is 0 Å². The van der Waals surface area contributed by atoms with E-state index in [0.29, 0.717) is 22.8 Å². The molecule has 0 unspecified atom stereocenters. The van der Waals surface area contributed by atoms with Gasteiger partial charge in [-0.2, -0.15) is 5.26 Å². The third-order valence-corrected chi connectivity index (χ3v) is 2.39. The third kappa shape index (κ3) is 2.67. The average molecular weight is 263 g/mol. The van der Waals surface area contributed by atoms with E-state index in [0.717, 1.165) is 0 Å². The van der Waals surface area contributed by atoms with Crippen molar-refractivity contribution in [1.29, 1.82) is 5.26 Å². The highest BCUT2D eigenvalue weighted by Gasteiger charge is 2.05. The van der Waals surface area contributed by atoms with Crippen LogP contribution in [0.5, 0.6) is 0 Å². The van der Waals surface area contributed by atoms with Gasteiger partial charge >= 0.3 is 0 Å². The zero-order valence-electron chi connectivity index (χ0n) is 9.11. The molecule has 0 saturated carbocycles. The van der Waals surface area contributed by atoms with Crippen LogP contribution in [0.2, 0.25) is 5.02 Å². The van der Waals surface area contributed by atoms with Gasteiger partial charge in [0, 0.05) is 16.9 Å². The smallest absolute Gasteiger partial charge is 0.153 e. The molecule has 0 amide bonds. The molecule has 18 heavy (non-hydrogen) atoms. The van der Waals surface area contributed by atoms with Gasteiger partial charge < -0.3 is 11.1 Å². The molecule has 1 aromatic carbocycles. The molecule has 1 aromatic heterocycles. The minimum atomic E-state index is -0.461. The van der Waals surface area contributed by atoms with E-state index in [4.69, 9.17) is 22.6 Å². The molecule has 2 rings (SSSR count). The minimum Gasteiger partial charge on any atom is -0.396 e. The van der Waals surface area contributed by atoms with Gasteiger partial charge in [-0.05, 0) is 24.3 Å². The standard InChI is InChI=1S/C12H8ClFN4/c13-8-2-9(14)4-10(3-8)18-12-11(16)1-7(5-15)6-17-12/h1-4,6H,16H2,(H,17,18). The van der Waals surface area contributed by atoms with Gasteiger partial charge in [0.2, 0.25) is 0 Å². The fourth-order valence-corrected chi connectivity index (χ4v) is 1.63. The van der Waals surface area contributed by atoms with Crippen LogP contribution in [0.3, 0.4) is 0 Å². The highest BCUT2D eigenvalue weighted by molar-refractivity contribution is 6.30. The minimum absolute atomic E-state index is 0.268.